The highest BCUT2D eigenvalue weighted by molar-refractivity contribution is 5.29. The maximum absolute atomic E-state index is 3.13. The molecule has 1 aliphatic rings. The Balaban J connectivity index is 2.11. The molecule has 2 rings (SSSR count). The number of hydrogen-bond acceptors (Lipinski definition) is 1. The molecule has 1 heterocycles. The second-order valence-corrected chi connectivity index (χ2v) is 3.41. The van der Waals surface area contributed by atoms with E-state index in [-0.39, 0.29) is 0 Å². The Labute approximate surface area is 74.0 Å². The summed E-state index contributed by atoms with van der Waals surface area (Å²) in [6.45, 7) is 5.71. The van der Waals surface area contributed by atoms with Crippen molar-refractivity contribution < 1.29 is 0 Å². The summed E-state index contributed by atoms with van der Waals surface area (Å²) >= 11 is 0. The molecule has 0 amide bonds. The van der Waals surface area contributed by atoms with Gasteiger partial charge in [-0.25, -0.2) is 0 Å². The molecule has 0 fully saturated rings. The summed E-state index contributed by atoms with van der Waals surface area (Å²) in [6, 6.07) is 9.44. The SMILES string of the molecule is CCCN1Cc2c[c]ccc2C1. The number of hydrogen-bond donors (Lipinski definition) is 0. The fraction of sp³-hybridized carbons (Fsp3) is 0.455. The van der Waals surface area contributed by atoms with Crippen LogP contribution in [0.4, 0.5) is 0 Å². The van der Waals surface area contributed by atoms with E-state index in [0.29, 0.717) is 0 Å². The van der Waals surface area contributed by atoms with Crippen molar-refractivity contribution in [1.29, 1.82) is 0 Å². The van der Waals surface area contributed by atoms with E-state index in [1.807, 2.05) is 6.07 Å². The molecule has 63 valence electrons. The van der Waals surface area contributed by atoms with E-state index in [2.05, 4.69) is 30.0 Å². The third-order valence-corrected chi connectivity index (χ3v) is 2.38. The first-order valence-electron chi connectivity index (χ1n) is 4.60. The minimum Gasteiger partial charge on any atom is -0.295 e. The van der Waals surface area contributed by atoms with Gasteiger partial charge in [0.1, 0.15) is 0 Å². The lowest BCUT2D eigenvalue weighted by molar-refractivity contribution is 0.285. The summed E-state index contributed by atoms with van der Waals surface area (Å²) in [5.74, 6) is 0. The van der Waals surface area contributed by atoms with Gasteiger partial charge in [0.25, 0.3) is 0 Å². The molecule has 0 bridgehead atoms. The third-order valence-electron chi connectivity index (χ3n) is 2.38. The molecule has 0 aromatic heterocycles. The molecule has 0 saturated carbocycles. The zero-order valence-corrected chi connectivity index (χ0v) is 7.51. The summed E-state index contributed by atoms with van der Waals surface area (Å²) < 4.78 is 0. The monoisotopic (exact) mass is 160 g/mol. The van der Waals surface area contributed by atoms with Crippen LogP contribution < -0.4 is 0 Å². The zero-order chi connectivity index (χ0) is 8.39. The molecule has 1 aliphatic heterocycles. The fourth-order valence-electron chi connectivity index (χ4n) is 1.81. The first kappa shape index (κ1) is 7.81. The molecule has 1 radical (unpaired) electrons. The molecule has 1 nitrogen and oxygen atoms in total. The fourth-order valence-corrected chi connectivity index (χ4v) is 1.81. The van der Waals surface area contributed by atoms with Crippen LogP contribution in [0, 0.1) is 6.07 Å². The molecular formula is C11H14N. The van der Waals surface area contributed by atoms with Gasteiger partial charge in [0, 0.05) is 13.1 Å². The minimum atomic E-state index is 1.13. The highest BCUT2D eigenvalue weighted by Crippen LogP contribution is 2.21. The van der Waals surface area contributed by atoms with Crippen LogP contribution in [-0.2, 0) is 13.1 Å². The van der Waals surface area contributed by atoms with Crippen LogP contribution in [0.3, 0.4) is 0 Å². The second kappa shape index (κ2) is 3.28. The Bertz CT molecular complexity index is 242. The van der Waals surface area contributed by atoms with E-state index in [4.69, 9.17) is 0 Å². The molecule has 1 aromatic carbocycles. The van der Waals surface area contributed by atoms with Gasteiger partial charge >= 0.3 is 0 Å². The highest BCUT2D eigenvalue weighted by atomic mass is 15.1. The minimum absolute atomic E-state index is 1.13. The summed E-state index contributed by atoms with van der Waals surface area (Å²) in [4.78, 5) is 2.48. The predicted octanol–water partition coefficient (Wildman–Crippen LogP) is 2.21. The topological polar surface area (TPSA) is 3.24 Å². The van der Waals surface area contributed by atoms with Crippen molar-refractivity contribution in [2.24, 2.45) is 0 Å². The Kier molecular flexibility index (Phi) is 2.13. The van der Waals surface area contributed by atoms with Crippen molar-refractivity contribution in [2.45, 2.75) is 26.4 Å². The number of nitrogens with zero attached hydrogens (tertiary/aromatic N) is 1. The van der Waals surface area contributed by atoms with Gasteiger partial charge in [0.15, 0.2) is 0 Å². The Morgan fingerprint density at radius 1 is 1.42 bits per heavy atom. The van der Waals surface area contributed by atoms with Crippen molar-refractivity contribution >= 4 is 0 Å². The predicted molar refractivity (Wildman–Crippen MR) is 49.7 cm³/mol. The molecule has 0 atom stereocenters. The van der Waals surface area contributed by atoms with Gasteiger partial charge < -0.3 is 0 Å². The molecule has 1 heteroatoms. The summed E-state index contributed by atoms with van der Waals surface area (Å²) in [5, 5.41) is 0. The summed E-state index contributed by atoms with van der Waals surface area (Å²) in [6.07, 6.45) is 1.25. The molecule has 12 heavy (non-hydrogen) atoms. The first-order chi connectivity index (χ1) is 5.90. The summed E-state index contributed by atoms with van der Waals surface area (Å²) in [5.41, 5.74) is 2.95. The lowest BCUT2D eigenvalue weighted by atomic mass is 10.1. The molecule has 0 unspecified atom stereocenters. The van der Waals surface area contributed by atoms with Gasteiger partial charge in [-0.1, -0.05) is 19.1 Å². The maximum Gasteiger partial charge on any atom is 0.0240 e. The van der Waals surface area contributed by atoms with Crippen molar-refractivity contribution in [3.8, 4) is 0 Å². The average Bonchev–Trinajstić information content (AvgIpc) is 2.47. The lowest BCUT2D eigenvalue weighted by Gasteiger charge is -2.11. The molecule has 0 saturated heterocycles. The Hall–Kier alpha value is -0.820. The van der Waals surface area contributed by atoms with E-state index >= 15 is 0 Å². The molecule has 0 N–H and O–H groups in total. The first-order valence-corrected chi connectivity index (χ1v) is 4.60. The van der Waals surface area contributed by atoms with Crippen LogP contribution in [0.5, 0.6) is 0 Å². The smallest absolute Gasteiger partial charge is 0.0240 e. The molecule has 0 spiro atoms. The van der Waals surface area contributed by atoms with Gasteiger partial charge in [-0.3, -0.25) is 4.90 Å². The number of rotatable bonds is 2. The highest BCUT2D eigenvalue weighted by Gasteiger charge is 2.16. The average molecular weight is 160 g/mol. The van der Waals surface area contributed by atoms with Gasteiger partial charge in [0.2, 0.25) is 0 Å². The number of fused-ring (bicyclic) bond motifs is 1. The van der Waals surface area contributed by atoms with Gasteiger partial charge in [-0.2, -0.15) is 0 Å². The molecule has 1 aromatic rings. The standard InChI is InChI=1S/C11H14N/c1-2-7-12-8-10-5-3-4-6-11(10)9-12/h3,5-6H,2,7-9H2,1H3. The number of benzene rings is 1. The van der Waals surface area contributed by atoms with Gasteiger partial charge in [-0.05, 0) is 36.2 Å². The normalized spacial score (nSPS) is 16.4. The van der Waals surface area contributed by atoms with Crippen LogP contribution in [0.15, 0.2) is 18.2 Å². The maximum atomic E-state index is 3.13. The van der Waals surface area contributed by atoms with Crippen LogP contribution in [0.25, 0.3) is 0 Å². The van der Waals surface area contributed by atoms with Crippen LogP contribution in [-0.4, -0.2) is 11.4 Å². The second-order valence-electron chi connectivity index (χ2n) is 3.41. The van der Waals surface area contributed by atoms with Crippen LogP contribution >= 0.6 is 0 Å². The van der Waals surface area contributed by atoms with Crippen molar-refractivity contribution in [2.75, 3.05) is 6.54 Å². The largest absolute Gasteiger partial charge is 0.295 e. The van der Waals surface area contributed by atoms with Crippen molar-refractivity contribution in [1.82, 2.24) is 4.90 Å². The summed E-state index contributed by atoms with van der Waals surface area (Å²) in [7, 11) is 0. The van der Waals surface area contributed by atoms with E-state index in [9.17, 15) is 0 Å². The zero-order valence-electron chi connectivity index (χ0n) is 7.51. The van der Waals surface area contributed by atoms with Crippen LogP contribution in [0.1, 0.15) is 24.5 Å². The van der Waals surface area contributed by atoms with Crippen molar-refractivity contribution in [3.63, 3.8) is 0 Å². The van der Waals surface area contributed by atoms with Crippen LogP contribution in [0.2, 0.25) is 0 Å². The van der Waals surface area contributed by atoms with E-state index in [0.717, 1.165) is 13.1 Å². The Morgan fingerprint density at radius 3 is 3.00 bits per heavy atom. The van der Waals surface area contributed by atoms with Crippen molar-refractivity contribution in [3.05, 3.63) is 35.4 Å². The van der Waals surface area contributed by atoms with Gasteiger partial charge in [0.05, 0.1) is 0 Å². The van der Waals surface area contributed by atoms with E-state index in [1.54, 1.807) is 0 Å². The van der Waals surface area contributed by atoms with E-state index < -0.39 is 0 Å². The van der Waals surface area contributed by atoms with Gasteiger partial charge in [-0.15, -0.1) is 0 Å². The third kappa shape index (κ3) is 1.37. The molecule has 0 aliphatic carbocycles. The van der Waals surface area contributed by atoms with E-state index in [1.165, 1.54) is 24.1 Å². The Morgan fingerprint density at radius 2 is 2.25 bits per heavy atom. The lowest BCUT2D eigenvalue weighted by Crippen LogP contribution is -2.16. The quantitative estimate of drug-likeness (QED) is 0.641. The molecular weight excluding hydrogens is 146 g/mol.